The van der Waals surface area contributed by atoms with Crippen molar-refractivity contribution >= 4 is 30.1 Å². The molecule has 0 bridgehead atoms. The highest BCUT2D eigenvalue weighted by atomic mass is 35.5. The fourth-order valence-corrected chi connectivity index (χ4v) is 1.36. The van der Waals surface area contributed by atoms with Crippen molar-refractivity contribution in [3.05, 3.63) is 22.0 Å². The molecule has 0 saturated heterocycles. The van der Waals surface area contributed by atoms with Crippen LogP contribution in [0.2, 0.25) is 5.02 Å². The summed E-state index contributed by atoms with van der Waals surface area (Å²) in [5, 5.41) is -0.0921. The van der Waals surface area contributed by atoms with E-state index >= 15 is 0 Å². The Labute approximate surface area is 90.4 Å². The quantitative estimate of drug-likeness (QED) is 0.627. The summed E-state index contributed by atoms with van der Waals surface area (Å²) in [6.07, 6.45) is 0.837. The molecule has 1 rings (SSSR count). The van der Waals surface area contributed by atoms with Crippen LogP contribution in [0, 0.1) is 0 Å². The number of carbonyl (C=O) groups excluding carboxylic acids is 3. The van der Waals surface area contributed by atoms with E-state index in [1.54, 1.807) is 6.92 Å². The van der Waals surface area contributed by atoms with E-state index in [0.717, 1.165) is 0 Å². The number of carbonyl (C=O) groups is 3. The zero-order valence-electron chi connectivity index (χ0n) is 7.87. The SMILES string of the molecule is CCOC(=O)c1c(C=O)[nH]c(C=O)c1Cl. The van der Waals surface area contributed by atoms with Crippen LogP contribution in [0.3, 0.4) is 0 Å². The number of nitrogens with one attached hydrogen (secondary N) is 1. The van der Waals surface area contributed by atoms with Crippen molar-refractivity contribution in [2.45, 2.75) is 6.92 Å². The highest BCUT2D eigenvalue weighted by molar-refractivity contribution is 6.36. The fourth-order valence-electron chi connectivity index (χ4n) is 1.09. The van der Waals surface area contributed by atoms with Crippen LogP contribution < -0.4 is 0 Å². The summed E-state index contributed by atoms with van der Waals surface area (Å²) >= 11 is 5.72. The molecule has 0 unspecified atom stereocenters. The van der Waals surface area contributed by atoms with Crippen molar-refractivity contribution in [3.8, 4) is 0 Å². The first kappa shape index (κ1) is 11.5. The van der Waals surface area contributed by atoms with E-state index in [1.807, 2.05) is 0 Å². The molecule has 0 aromatic carbocycles. The Kier molecular flexibility index (Phi) is 3.62. The van der Waals surface area contributed by atoms with Gasteiger partial charge in [-0.2, -0.15) is 0 Å². The standard InChI is InChI=1S/C9H8ClNO4/c1-2-15-9(14)7-5(3-12)11-6(4-13)8(7)10/h3-4,11H,2H2,1H3. The van der Waals surface area contributed by atoms with Gasteiger partial charge < -0.3 is 9.72 Å². The molecule has 6 heteroatoms. The molecule has 0 spiro atoms. The maximum Gasteiger partial charge on any atom is 0.341 e. The summed E-state index contributed by atoms with van der Waals surface area (Å²) in [5.74, 6) is -0.728. The maximum absolute atomic E-state index is 11.4. The fraction of sp³-hybridized carbons (Fsp3) is 0.222. The zero-order valence-corrected chi connectivity index (χ0v) is 8.63. The lowest BCUT2D eigenvalue weighted by Crippen LogP contribution is -2.06. The molecule has 0 fully saturated rings. The van der Waals surface area contributed by atoms with Crippen LogP contribution >= 0.6 is 11.6 Å². The molecule has 0 radical (unpaired) electrons. The largest absolute Gasteiger partial charge is 0.462 e. The van der Waals surface area contributed by atoms with E-state index in [0.29, 0.717) is 12.6 Å². The first-order chi connectivity index (χ1) is 7.15. The molecule has 80 valence electrons. The Bertz CT molecular complexity index is 410. The predicted octanol–water partition coefficient (Wildman–Crippen LogP) is 1.47. The summed E-state index contributed by atoms with van der Waals surface area (Å²) in [5.41, 5.74) is -0.169. The highest BCUT2D eigenvalue weighted by Gasteiger charge is 2.22. The van der Waals surface area contributed by atoms with E-state index < -0.39 is 5.97 Å². The van der Waals surface area contributed by atoms with Gasteiger partial charge in [-0.05, 0) is 6.92 Å². The van der Waals surface area contributed by atoms with E-state index in [1.165, 1.54) is 0 Å². The third-order valence-electron chi connectivity index (χ3n) is 1.71. The molecule has 5 nitrogen and oxygen atoms in total. The number of H-pyrrole nitrogens is 1. The Balaban J connectivity index is 3.25. The van der Waals surface area contributed by atoms with Gasteiger partial charge in [-0.3, -0.25) is 9.59 Å². The number of hydrogen-bond acceptors (Lipinski definition) is 4. The van der Waals surface area contributed by atoms with Gasteiger partial charge in [-0.25, -0.2) is 4.79 Å². The minimum atomic E-state index is -0.728. The van der Waals surface area contributed by atoms with Crippen LogP contribution in [0.25, 0.3) is 0 Å². The second kappa shape index (κ2) is 4.75. The third kappa shape index (κ3) is 2.07. The average Bonchev–Trinajstić information content (AvgIpc) is 2.55. The molecule has 1 aromatic rings. The third-order valence-corrected chi connectivity index (χ3v) is 2.10. The van der Waals surface area contributed by atoms with Crippen LogP contribution in [0.15, 0.2) is 0 Å². The molecule has 0 atom stereocenters. The van der Waals surface area contributed by atoms with E-state index in [-0.39, 0.29) is 28.6 Å². The minimum absolute atomic E-state index is 0.0122. The zero-order chi connectivity index (χ0) is 11.4. The highest BCUT2D eigenvalue weighted by Crippen LogP contribution is 2.23. The Hall–Kier alpha value is -1.62. The number of aromatic amines is 1. The molecule has 1 N–H and O–H groups in total. The average molecular weight is 230 g/mol. The second-order valence-corrected chi connectivity index (χ2v) is 2.98. The van der Waals surface area contributed by atoms with Crippen LogP contribution in [0.1, 0.15) is 38.3 Å². The molecular formula is C9H8ClNO4. The van der Waals surface area contributed by atoms with Gasteiger partial charge in [0.25, 0.3) is 0 Å². The Morgan fingerprint density at radius 3 is 2.47 bits per heavy atom. The molecule has 1 heterocycles. The predicted molar refractivity (Wildman–Crippen MR) is 52.5 cm³/mol. The number of hydrogen-bond donors (Lipinski definition) is 1. The van der Waals surface area contributed by atoms with Gasteiger partial charge in [-0.1, -0.05) is 11.6 Å². The van der Waals surface area contributed by atoms with Gasteiger partial charge in [0, 0.05) is 0 Å². The Morgan fingerprint density at radius 1 is 1.40 bits per heavy atom. The molecule has 1 aromatic heterocycles. The first-order valence-electron chi connectivity index (χ1n) is 4.14. The van der Waals surface area contributed by atoms with Gasteiger partial charge in [-0.15, -0.1) is 0 Å². The van der Waals surface area contributed by atoms with E-state index in [4.69, 9.17) is 16.3 Å². The Morgan fingerprint density at radius 2 is 2.00 bits per heavy atom. The van der Waals surface area contributed by atoms with Crippen molar-refractivity contribution < 1.29 is 19.1 Å². The molecule has 0 saturated carbocycles. The van der Waals surface area contributed by atoms with Gasteiger partial charge >= 0.3 is 5.97 Å². The number of rotatable bonds is 4. The monoisotopic (exact) mass is 229 g/mol. The lowest BCUT2D eigenvalue weighted by atomic mass is 10.2. The van der Waals surface area contributed by atoms with Gasteiger partial charge in [0.15, 0.2) is 12.6 Å². The van der Waals surface area contributed by atoms with Gasteiger partial charge in [0.05, 0.1) is 23.0 Å². The van der Waals surface area contributed by atoms with Crippen LogP contribution in [0.5, 0.6) is 0 Å². The topological polar surface area (TPSA) is 76.2 Å². The summed E-state index contributed by atoms with van der Waals surface area (Å²) < 4.78 is 4.69. The van der Waals surface area contributed by atoms with Crippen molar-refractivity contribution in [2.24, 2.45) is 0 Å². The normalized spacial score (nSPS) is 9.73. The summed E-state index contributed by atoms with van der Waals surface area (Å²) in [6.45, 7) is 1.79. The van der Waals surface area contributed by atoms with Crippen LogP contribution in [0.4, 0.5) is 0 Å². The summed E-state index contributed by atoms with van der Waals surface area (Å²) in [6, 6.07) is 0. The molecule has 0 aliphatic rings. The molecule has 0 aliphatic carbocycles. The number of aldehydes is 2. The molecule has 0 amide bonds. The smallest absolute Gasteiger partial charge is 0.341 e. The van der Waals surface area contributed by atoms with E-state index in [2.05, 4.69) is 4.98 Å². The number of aromatic nitrogens is 1. The molecular weight excluding hydrogens is 222 g/mol. The van der Waals surface area contributed by atoms with Crippen LogP contribution in [-0.2, 0) is 4.74 Å². The van der Waals surface area contributed by atoms with E-state index in [9.17, 15) is 14.4 Å². The number of esters is 1. The van der Waals surface area contributed by atoms with Gasteiger partial charge in [0.2, 0.25) is 0 Å². The molecule has 15 heavy (non-hydrogen) atoms. The van der Waals surface area contributed by atoms with Crippen molar-refractivity contribution in [2.75, 3.05) is 6.61 Å². The van der Waals surface area contributed by atoms with Crippen LogP contribution in [-0.4, -0.2) is 30.1 Å². The van der Waals surface area contributed by atoms with Gasteiger partial charge in [0.1, 0.15) is 5.56 Å². The first-order valence-corrected chi connectivity index (χ1v) is 4.52. The summed E-state index contributed by atoms with van der Waals surface area (Å²) in [7, 11) is 0. The second-order valence-electron chi connectivity index (χ2n) is 2.60. The molecule has 0 aliphatic heterocycles. The van der Waals surface area contributed by atoms with Crippen molar-refractivity contribution in [1.82, 2.24) is 4.98 Å². The lowest BCUT2D eigenvalue weighted by Gasteiger charge is -2.00. The maximum atomic E-state index is 11.4. The van der Waals surface area contributed by atoms with Crippen molar-refractivity contribution in [3.63, 3.8) is 0 Å². The lowest BCUT2D eigenvalue weighted by molar-refractivity contribution is 0.0524. The van der Waals surface area contributed by atoms with Crippen molar-refractivity contribution in [1.29, 1.82) is 0 Å². The number of ether oxygens (including phenoxy) is 1. The number of halogens is 1. The minimum Gasteiger partial charge on any atom is -0.462 e. The summed E-state index contributed by atoms with van der Waals surface area (Å²) in [4.78, 5) is 34.9.